The molecule has 0 aliphatic rings. The van der Waals surface area contributed by atoms with Crippen LogP contribution in [-0.4, -0.2) is 18.9 Å². The molecule has 0 aliphatic carbocycles. The van der Waals surface area contributed by atoms with Gasteiger partial charge >= 0.3 is 5.97 Å². The molecule has 0 saturated heterocycles. The van der Waals surface area contributed by atoms with Crippen LogP contribution in [0.5, 0.6) is 0 Å². The van der Waals surface area contributed by atoms with Crippen LogP contribution in [0.2, 0.25) is 0 Å². The van der Waals surface area contributed by atoms with Crippen molar-refractivity contribution in [1.29, 1.82) is 0 Å². The minimum absolute atomic E-state index is 0.150. The molecule has 0 aliphatic heterocycles. The van der Waals surface area contributed by atoms with Crippen LogP contribution in [0.15, 0.2) is 18.2 Å². The van der Waals surface area contributed by atoms with E-state index in [0.717, 1.165) is 23.1 Å². The zero-order valence-corrected chi connectivity index (χ0v) is 11.3. The normalized spacial score (nSPS) is 10.2. The Morgan fingerprint density at radius 3 is 2.39 bits per heavy atom. The van der Waals surface area contributed by atoms with Crippen LogP contribution in [0.4, 0.5) is 0 Å². The van der Waals surface area contributed by atoms with Crippen molar-refractivity contribution in [3.05, 3.63) is 34.9 Å². The third-order valence-corrected chi connectivity index (χ3v) is 2.94. The molecule has 0 fully saturated rings. The SMILES string of the molecule is COC(=O)CCCCC(=O)c1ccc(C)cc1C. The standard InChI is InChI=1S/C15H20O3/c1-11-8-9-13(12(2)10-11)14(16)6-4-5-7-15(17)18-3/h8-10H,4-7H2,1-3H3. The zero-order valence-electron chi connectivity index (χ0n) is 11.3. The maximum atomic E-state index is 12.0. The molecule has 0 spiro atoms. The van der Waals surface area contributed by atoms with Crippen LogP contribution in [0.3, 0.4) is 0 Å². The fraction of sp³-hybridized carbons (Fsp3) is 0.467. The fourth-order valence-corrected chi connectivity index (χ4v) is 1.92. The number of benzene rings is 1. The van der Waals surface area contributed by atoms with E-state index in [-0.39, 0.29) is 11.8 Å². The molecule has 0 heterocycles. The maximum Gasteiger partial charge on any atom is 0.305 e. The molecule has 3 nitrogen and oxygen atoms in total. The Labute approximate surface area is 108 Å². The smallest absolute Gasteiger partial charge is 0.305 e. The third-order valence-electron chi connectivity index (χ3n) is 2.94. The number of ether oxygens (including phenoxy) is 1. The number of hydrogen-bond donors (Lipinski definition) is 0. The second kappa shape index (κ2) is 6.94. The minimum Gasteiger partial charge on any atom is -0.469 e. The van der Waals surface area contributed by atoms with Gasteiger partial charge in [-0.15, -0.1) is 0 Å². The van der Waals surface area contributed by atoms with Crippen molar-refractivity contribution in [1.82, 2.24) is 0 Å². The molecule has 0 saturated carbocycles. The topological polar surface area (TPSA) is 43.4 Å². The van der Waals surface area contributed by atoms with E-state index in [4.69, 9.17) is 0 Å². The highest BCUT2D eigenvalue weighted by atomic mass is 16.5. The highest BCUT2D eigenvalue weighted by Crippen LogP contribution is 2.14. The highest BCUT2D eigenvalue weighted by Gasteiger charge is 2.09. The summed E-state index contributed by atoms with van der Waals surface area (Å²) in [6.45, 7) is 3.96. The largest absolute Gasteiger partial charge is 0.469 e. The van der Waals surface area contributed by atoms with Crippen molar-refractivity contribution in [3.8, 4) is 0 Å². The number of carbonyl (C=O) groups is 2. The molecule has 0 radical (unpaired) electrons. The lowest BCUT2D eigenvalue weighted by molar-refractivity contribution is -0.140. The first-order valence-corrected chi connectivity index (χ1v) is 6.22. The molecule has 98 valence electrons. The van der Waals surface area contributed by atoms with Crippen LogP contribution in [0, 0.1) is 13.8 Å². The zero-order chi connectivity index (χ0) is 13.5. The van der Waals surface area contributed by atoms with E-state index in [9.17, 15) is 9.59 Å². The Bertz CT molecular complexity index is 435. The van der Waals surface area contributed by atoms with Gasteiger partial charge in [0.1, 0.15) is 0 Å². The van der Waals surface area contributed by atoms with Crippen LogP contribution < -0.4 is 0 Å². The monoisotopic (exact) mass is 248 g/mol. The molecule has 3 heteroatoms. The van der Waals surface area contributed by atoms with Gasteiger partial charge in [-0.3, -0.25) is 9.59 Å². The second-order valence-electron chi connectivity index (χ2n) is 4.52. The summed E-state index contributed by atoms with van der Waals surface area (Å²) >= 11 is 0. The fourth-order valence-electron chi connectivity index (χ4n) is 1.92. The van der Waals surface area contributed by atoms with E-state index >= 15 is 0 Å². The number of methoxy groups -OCH3 is 1. The Balaban J connectivity index is 2.43. The van der Waals surface area contributed by atoms with Gasteiger partial charge < -0.3 is 4.74 Å². The number of ketones is 1. The molecule has 0 unspecified atom stereocenters. The van der Waals surface area contributed by atoms with Crippen molar-refractivity contribution in [2.24, 2.45) is 0 Å². The lowest BCUT2D eigenvalue weighted by Gasteiger charge is -2.06. The van der Waals surface area contributed by atoms with E-state index < -0.39 is 0 Å². The first-order chi connectivity index (χ1) is 8.54. The first kappa shape index (κ1) is 14.4. The van der Waals surface area contributed by atoms with Crippen LogP contribution >= 0.6 is 0 Å². The molecule has 1 rings (SSSR count). The van der Waals surface area contributed by atoms with E-state index in [1.807, 2.05) is 32.0 Å². The molecule has 0 aromatic heterocycles. The Morgan fingerprint density at radius 2 is 1.78 bits per heavy atom. The van der Waals surface area contributed by atoms with Crippen molar-refractivity contribution >= 4 is 11.8 Å². The van der Waals surface area contributed by atoms with Gasteiger partial charge in [-0.2, -0.15) is 0 Å². The van der Waals surface area contributed by atoms with E-state index in [2.05, 4.69) is 4.74 Å². The Kier molecular flexibility index (Phi) is 5.56. The molecule has 1 aromatic carbocycles. The molecule has 0 N–H and O–H groups in total. The number of carbonyl (C=O) groups excluding carboxylic acids is 2. The first-order valence-electron chi connectivity index (χ1n) is 6.22. The number of Topliss-reactive ketones (excluding diaryl/α,β-unsaturated/α-hetero) is 1. The second-order valence-corrected chi connectivity index (χ2v) is 4.52. The van der Waals surface area contributed by atoms with Crippen molar-refractivity contribution < 1.29 is 14.3 Å². The summed E-state index contributed by atoms with van der Waals surface area (Å²) in [5.41, 5.74) is 2.97. The van der Waals surface area contributed by atoms with Crippen molar-refractivity contribution in [2.75, 3.05) is 7.11 Å². The summed E-state index contributed by atoms with van der Waals surface area (Å²) in [5, 5.41) is 0. The van der Waals surface area contributed by atoms with E-state index in [1.54, 1.807) is 0 Å². The molecule has 1 aromatic rings. The lowest BCUT2D eigenvalue weighted by Crippen LogP contribution is -2.03. The molecule has 18 heavy (non-hydrogen) atoms. The average Bonchev–Trinajstić information content (AvgIpc) is 2.34. The van der Waals surface area contributed by atoms with Gasteiger partial charge in [-0.05, 0) is 32.3 Å². The predicted molar refractivity (Wildman–Crippen MR) is 70.7 cm³/mol. The van der Waals surface area contributed by atoms with Gasteiger partial charge in [0.2, 0.25) is 0 Å². The summed E-state index contributed by atoms with van der Waals surface area (Å²) in [5.74, 6) is -0.0636. The molecule has 0 amide bonds. The van der Waals surface area contributed by atoms with Gasteiger partial charge in [0.15, 0.2) is 5.78 Å². The van der Waals surface area contributed by atoms with E-state index in [1.165, 1.54) is 7.11 Å². The van der Waals surface area contributed by atoms with Crippen molar-refractivity contribution in [2.45, 2.75) is 39.5 Å². The molecular weight excluding hydrogens is 228 g/mol. The van der Waals surface area contributed by atoms with Crippen LogP contribution in [0.25, 0.3) is 0 Å². The highest BCUT2D eigenvalue weighted by molar-refractivity contribution is 5.97. The summed E-state index contributed by atoms with van der Waals surface area (Å²) in [6.07, 6.45) is 2.29. The van der Waals surface area contributed by atoms with Gasteiger partial charge in [-0.1, -0.05) is 23.8 Å². The van der Waals surface area contributed by atoms with Gasteiger partial charge in [0.05, 0.1) is 7.11 Å². The summed E-state index contributed by atoms with van der Waals surface area (Å²) in [4.78, 5) is 22.9. The van der Waals surface area contributed by atoms with Gasteiger partial charge in [-0.25, -0.2) is 0 Å². The number of unbranched alkanes of at least 4 members (excludes halogenated alkanes) is 1. The number of esters is 1. The van der Waals surface area contributed by atoms with Crippen LogP contribution in [-0.2, 0) is 9.53 Å². The predicted octanol–water partition coefficient (Wildman–Crippen LogP) is 3.22. The molecule has 0 atom stereocenters. The van der Waals surface area contributed by atoms with E-state index in [0.29, 0.717) is 19.3 Å². The Hall–Kier alpha value is -1.64. The molecule has 0 bridgehead atoms. The third kappa shape index (κ3) is 4.32. The minimum atomic E-state index is -0.214. The average molecular weight is 248 g/mol. The van der Waals surface area contributed by atoms with Crippen LogP contribution in [0.1, 0.15) is 47.2 Å². The summed E-state index contributed by atoms with van der Waals surface area (Å²) in [6, 6.07) is 5.85. The Morgan fingerprint density at radius 1 is 1.11 bits per heavy atom. The summed E-state index contributed by atoms with van der Waals surface area (Å²) in [7, 11) is 1.38. The van der Waals surface area contributed by atoms with Gasteiger partial charge in [0, 0.05) is 18.4 Å². The van der Waals surface area contributed by atoms with Crippen molar-refractivity contribution in [3.63, 3.8) is 0 Å². The maximum absolute atomic E-state index is 12.0. The lowest BCUT2D eigenvalue weighted by atomic mass is 9.99. The number of hydrogen-bond acceptors (Lipinski definition) is 3. The quantitative estimate of drug-likeness (QED) is 0.441. The summed E-state index contributed by atoms with van der Waals surface area (Å²) < 4.78 is 4.55. The molecular formula is C15H20O3. The number of rotatable bonds is 6. The number of aryl methyl sites for hydroxylation is 2. The van der Waals surface area contributed by atoms with Gasteiger partial charge in [0.25, 0.3) is 0 Å².